The molecule has 2 atom stereocenters. The smallest absolute Gasteiger partial charge is 0.308 e. The van der Waals surface area contributed by atoms with Crippen LogP contribution in [-0.4, -0.2) is 68.3 Å². The van der Waals surface area contributed by atoms with E-state index in [-0.39, 0.29) is 12.5 Å². The molecular formula is C17H20N6O3S. The molecule has 0 bridgehead atoms. The average molecular weight is 388 g/mol. The normalized spacial score (nSPS) is 23.4. The summed E-state index contributed by atoms with van der Waals surface area (Å²) in [5.41, 5.74) is 6.73. The standard InChI is InChI=1S/C17H20N6O3S/c18-12-7-23(4-2-10(12)17(25)26)16(24)13-8-22(5-6-27-13)15-11-1-3-19-14(11)20-9-21-15/h1,3,8-10,12H,2,4-7,18H2,(H,25,26)(H,19,20,21)/t10-,12+/m1/s1. The lowest BCUT2D eigenvalue weighted by Crippen LogP contribution is -2.53. The topological polar surface area (TPSA) is 128 Å². The summed E-state index contributed by atoms with van der Waals surface area (Å²) in [6.07, 6.45) is 5.51. The van der Waals surface area contributed by atoms with Crippen LogP contribution in [0.5, 0.6) is 0 Å². The van der Waals surface area contributed by atoms with Crippen LogP contribution in [0.2, 0.25) is 0 Å². The second-order valence-corrected chi connectivity index (χ2v) is 7.76. The van der Waals surface area contributed by atoms with Gasteiger partial charge in [0.05, 0.1) is 16.2 Å². The number of H-pyrrole nitrogens is 1. The molecule has 0 aromatic carbocycles. The number of carboxylic acid groups (broad SMARTS) is 1. The maximum atomic E-state index is 12.9. The Kier molecular flexibility index (Phi) is 4.75. The first-order chi connectivity index (χ1) is 13.0. The third kappa shape index (κ3) is 3.37. The first kappa shape index (κ1) is 17.8. The van der Waals surface area contributed by atoms with Crippen LogP contribution in [0.15, 0.2) is 29.7 Å². The Morgan fingerprint density at radius 2 is 2.19 bits per heavy atom. The lowest BCUT2D eigenvalue weighted by Gasteiger charge is -2.36. The van der Waals surface area contributed by atoms with Crippen molar-refractivity contribution in [1.82, 2.24) is 19.9 Å². The molecule has 0 radical (unpaired) electrons. The number of piperidine rings is 1. The zero-order valence-corrected chi connectivity index (χ0v) is 15.4. The van der Waals surface area contributed by atoms with Crippen LogP contribution in [0.25, 0.3) is 11.0 Å². The van der Waals surface area contributed by atoms with Gasteiger partial charge in [0.1, 0.15) is 17.8 Å². The third-order valence-corrected chi connectivity index (χ3v) is 5.92. The molecule has 142 valence electrons. The van der Waals surface area contributed by atoms with Gasteiger partial charge in [0.2, 0.25) is 0 Å². The fourth-order valence-corrected chi connectivity index (χ4v) is 4.46. The van der Waals surface area contributed by atoms with Crippen LogP contribution >= 0.6 is 11.8 Å². The number of fused-ring (bicyclic) bond motifs is 1. The molecule has 0 saturated carbocycles. The van der Waals surface area contributed by atoms with Gasteiger partial charge in [0, 0.05) is 43.8 Å². The number of hydrogen-bond acceptors (Lipinski definition) is 7. The van der Waals surface area contributed by atoms with Crippen molar-refractivity contribution in [2.45, 2.75) is 12.5 Å². The molecule has 4 rings (SSSR count). The number of carboxylic acids is 1. The number of aromatic nitrogens is 3. The van der Waals surface area contributed by atoms with Crippen molar-refractivity contribution in [2.75, 3.05) is 30.3 Å². The molecule has 2 aromatic heterocycles. The fourth-order valence-electron chi connectivity index (χ4n) is 3.50. The number of rotatable bonds is 3. The monoisotopic (exact) mass is 388 g/mol. The zero-order chi connectivity index (χ0) is 19.0. The summed E-state index contributed by atoms with van der Waals surface area (Å²) in [7, 11) is 0. The van der Waals surface area contributed by atoms with Gasteiger partial charge in [-0.1, -0.05) is 0 Å². The quantitative estimate of drug-likeness (QED) is 0.698. The molecule has 2 aliphatic heterocycles. The van der Waals surface area contributed by atoms with E-state index in [1.807, 2.05) is 23.4 Å². The van der Waals surface area contributed by atoms with Crippen LogP contribution in [0.4, 0.5) is 5.82 Å². The maximum Gasteiger partial charge on any atom is 0.308 e. The number of nitrogens with zero attached hydrogens (tertiary/aromatic N) is 4. The highest BCUT2D eigenvalue weighted by Gasteiger charge is 2.35. The summed E-state index contributed by atoms with van der Waals surface area (Å²) in [6, 6.07) is 1.36. The molecule has 0 aliphatic carbocycles. The van der Waals surface area contributed by atoms with Gasteiger partial charge in [-0.3, -0.25) is 9.59 Å². The van der Waals surface area contributed by atoms with E-state index in [0.29, 0.717) is 17.9 Å². The predicted molar refractivity (Wildman–Crippen MR) is 102 cm³/mol. The number of thioether (sulfide) groups is 1. The molecule has 4 N–H and O–H groups in total. The Balaban J connectivity index is 1.54. The number of anilines is 1. The molecule has 27 heavy (non-hydrogen) atoms. The van der Waals surface area contributed by atoms with E-state index in [4.69, 9.17) is 5.73 Å². The Bertz CT molecular complexity index is 913. The van der Waals surface area contributed by atoms with Crippen LogP contribution in [0, 0.1) is 5.92 Å². The Morgan fingerprint density at radius 1 is 1.33 bits per heavy atom. The number of amides is 1. The molecular weight excluding hydrogens is 368 g/mol. The third-order valence-electron chi connectivity index (χ3n) is 4.94. The van der Waals surface area contributed by atoms with E-state index in [1.54, 1.807) is 4.90 Å². The SMILES string of the molecule is N[C@H]1CN(C(=O)C2=CN(c3ncnc4[nH]ccc34)CCS2)CC[C@H]1C(=O)O. The van der Waals surface area contributed by atoms with E-state index in [1.165, 1.54) is 18.1 Å². The van der Waals surface area contributed by atoms with E-state index < -0.39 is 17.9 Å². The van der Waals surface area contributed by atoms with Gasteiger partial charge in [-0.05, 0) is 12.5 Å². The predicted octanol–water partition coefficient (Wildman–Crippen LogP) is 0.613. The molecule has 0 spiro atoms. The first-order valence-corrected chi connectivity index (χ1v) is 9.70. The second-order valence-electron chi connectivity index (χ2n) is 6.62. The molecule has 0 unspecified atom stereocenters. The van der Waals surface area contributed by atoms with E-state index in [9.17, 15) is 14.7 Å². The van der Waals surface area contributed by atoms with E-state index in [0.717, 1.165) is 29.1 Å². The van der Waals surface area contributed by atoms with Crippen molar-refractivity contribution in [1.29, 1.82) is 0 Å². The van der Waals surface area contributed by atoms with Gasteiger partial charge in [-0.25, -0.2) is 9.97 Å². The number of nitrogens with one attached hydrogen (secondary N) is 1. The lowest BCUT2D eigenvalue weighted by atomic mass is 9.92. The summed E-state index contributed by atoms with van der Waals surface area (Å²) in [4.78, 5) is 40.0. The van der Waals surface area contributed by atoms with Crippen molar-refractivity contribution in [2.24, 2.45) is 11.7 Å². The highest BCUT2D eigenvalue weighted by atomic mass is 32.2. The minimum Gasteiger partial charge on any atom is -0.481 e. The number of nitrogens with two attached hydrogens (primary N) is 1. The molecule has 1 fully saturated rings. The molecule has 1 saturated heterocycles. The van der Waals surface area contributed by atoms with Crippen molar-refractivity contribution in [3.63, 3.8) is 0 Å². The summed E-state index contributed by atoms with van der Waals surface area (Å²) >= 11 is 1.50. The molecule has 10 heteroatoms. The molecule has 4 heterocycles. The number of aliphatic carboxylic acids is 1. The lowest BCUT2D eigenvalue weighted by molar-refractivity contribution is -0.145. The van der Waals surface area contributed by atoms with Crippen LogP contribution in [0.3, 0.4) is 0 Å². The summed E-state index contributed by atoms with van der Waals surface area (Å²) in [6.45, 7) is 1.39. The van der Waals surface area contributed by atoms with Gasteiger partial charge >= 0.3 is 5.97 Å². The number of carbonyl (C=O) groups excluding carboxylic acids is 1. The van der Waals surface area contributed by atoms with Gasteiger partial charge in [0.25, 0.3) is 5.91 Å². The second kappa shape index (κ2) is 7.20. The Labute approximate surface area is 159 Å². The van der Waals surface area contributed by atoms with E-state index in [2.05, 4.69) is 15.0 Å². The molecule has 2 aromatic rings. The van der Waals surface area contributed by atoms with Gasteiger partial charge in [0.15, 0.2) is 0 Å². The zero-order valence-electron chi connectivity index (χ0n) is 14.5. The number of carbonyl (C=O) groups is 2. The highest BCUT2D eigenvalue weighted by molar-refractivity contribution is 8.04. The maximum absolute atomic E-state index is 12.9. The summed E-state index contributed by atoms with van der Waals surface area (Å²) in [5, 5.41) is 10.1. The van der Waals surface area contributed by atoms with Crippen molar-refractivity contribution >= 4 is 40.5 Å². The first-order valence-electron chi connectivity index (χ1n) is 8.71. The number of aromatic amines is 1. The highest BCUT2D eigenvalue weighted by Crippen LogP contribution is 2.30. The van der Waals surface area contributed by atoms with Crippen molar-refractivity contribution in [3.05, 3.63) is 29.7 Å². The van der Waals surface area contributed by atoms with Gasteiger partial charge in [-0.2, -0.15) is 0 Å². The molecule has 2 aliphatic rings. The number of likely N-dealkylation sites (tertiary alicyclic amines) is 1. The average Bonchev–Trinajstić information content (AvgIpc) is 3.16. The van der Waals surface area contributed by atoms with Gasteiger partial charge < -0.3 is 25.6 Å². The number of hydrogen-bond donors (Lipinski definition) is 3. The van der Waals surface area contributed by atoms with Crippen molar-refractivity contribution < 1.29 is 14.7 Å². The van der Waals surface area contributed by atoms with E-state index >= 15 is 0 Å². The van der Waals surface area contributed by atoms with Crippen LogP contribution in [-0.2, 0) is 9.59 Å². The van der Waals surface area contributed by atoms with Crippen molar-refractivity contribution in [3.8, 4) is 0 Å². The summed E-state index contributed by atoms with van der Waals surface area (Å²) in [5.74, 6) is -0.0882. The minimum absolute atomic E-state index is 0.108. The Hall–Kier alpha value is -2.59. The Morgan fingerprint density at radius 3 is 2.96 bits per heavy atom. The summed E-state index contributed by atoms with van der Waals surface area (Å²) < 4.78 is 0. The van der Waals surface area contributed by atoms with Gasteiger partial charge in [-0.15, -0.1) is 11.8 Å². The fraction of sp³-hybridized carbons (Fsp3) is 0.412. The minimum atomic E-state index is -0.897. The van der Waals surface area contributed by atoms with Crippen LogP contribution in [0.1, 0.15) is 6.42 Å². The molecule has 9 nitrogen and oxygen atoms in total. The van der Waals surface area contributed by atoms with Crippen LogP contribution < -0.4 is 10.6 Å². The largest absolute Gasteiger partial charge is 0.481 e. The molecule has 1 amide bonds.